The molecule has 0 spiro atoms. The van der Waals surface area contributed by atoms with Crippen molar-refractivity contribution >= 4 is 23.4 Å². The van der Waals surface area contributed by atoms with Crippen molar-refractivity contribution in [2.45, 2.75) is 66.2 Å². The highest BCUT2D eigenvalue weighted by Crippen LogP contribution is 2.25. The lowest BCUT2D eigenvalue weighted by Crippen LogP contribution is -2.40. The molecular weight excluding hydrogens is 702 g/mol. The Morgan fingerprint density at radius 3 is 1.51 bits per heavy atom. The van der Waals surface area contributed by atoms with Gasteiger partial charge in [-0.1, -0.05) is 38.6 Å². The van der Waals surface area contributed by atoms with Crippen molar-refractivity contribution in [3.8, 4) is 0 Å². The van der Waals surface area contributed by atoms with E-state index in [0.717, 1.165) is 56.3 Å². The van der Waals surface area contributed by atoms with Gasteiger partial charge in [-0.25, -0.2) is 18.1 Å². The van der Waals surface area contributed by atoms with E-state index in [0.29, 0.717) is 48.3 Å². The standard InChI is InChI=1S/C19H22ClN3O2.C19H21F2N3O2.2CH4/c1-22-18(24)6-5-17(21-22)13-19(25)23-9-7-14(8-10-23)11-15-3-2-4-16(20)12-15;1-23-18(25)3-2-17(22-23)12-19(26)24-6-4-13(5-7-24)8-14-9-15(20)11-16(21)10-14;;/h2-6,12,14H,7-11,13H2,1H3;2-3,9-11,13H,4-8,12H2,1H3;2*1H4. The molecule has 0 radical (unpaired) electrons. The summed E-state index contributed by atoms with van der Waals surface area (Å²) in [5, 5.41) is 8.98. The lowest BCUT2D eigenvalue weighted by Gasteiger charge is -2.32. The molecule has 2 fully saturated rings. The molecule has 2 amide bonds. The van der Waals surface area contributed by atoms with Crippen LogP contribution in [0, 0.1) is 23.5 Å². The Hall–Kier alpha value is -4.71. The first-order valence-corrected chi connectivity index (χ1v) is 17.6. The van der Waals surface area contributed by atoms with Crippen LogP contribution in [-0.2, 0) is 49.4 Å². The number of carbonyl (C=O) groups excluding carboxylic acids is 2. The molecule has 0 unspecified atom stereocenters. The van der Waals surface area contributed by atoms with Crippen molar-refractivity contribution < 1.29 is 18.4 Å². The van der Waals surface area contributed by atoms with Crippen LogP contribution < -0.4 is 11.1 Å². The van der Waals surface area contributed by atoms with Crippen LogP contribution >= 0.6 is 11.6 Å². The summed E-state index contributed by atoms with van der Waals surface area (Å²) in [5.41, 5.74) is 2.73. The summed E-state index contributed by atoms with van der Waals surface area (Å²) in [6, 6.07) is 17.7. The van der Waals surface area contributed by atoms with E-state index in [4.69, 9.17) is 11.6 Å². The number of nitrogens with zero attached hydrogens (tertiary/aromatic N) is 6. The minimum absolute atomic E-state index is 0. The molecule has 2 aromatic carbocycles. The largest absolute Gasteiger partial charge is 0.342 e. The number of likely N-dealkylation sites (tertiary alicyclic amines) is 2. The maximum atomic E-state index is 13.3. The Morgan fingerprint density at radius 2 is 1.09 bits per heavy atom. The average Bonchev–Trinajstić information content (AvgIpc) is 3.08. The van der Waals surface area contributed by atoms with Crippen LogP contribution in [-0.4, -0.2) is 67.4 Å². The second kappa shape index (κ2) is 19.9. The molecule has 2 aromatic heterocycles. The fourth-order valence-electron chi connectivity index (χ4n) is 6.66. The molecule has 0 aliphatic carbocycles. The van der Waals surface area contributed by atoms with Gasteiger partial charge < -0.3 is 9.80 Å². The molecule has 0 atom stereocenters. The van der Waals surface area contributed by atoms with Crippen molar-refractivity contribution in [3.05, 3.63) is 127 Å². The molecular formula is C40H51ClF2N6O4. The van der Waals surface area contributed by atoms with Gasteiger partial charge in [0.2, 0.25) is 11.8 Å². The zero-order chi connectivity index (χ0) is 36.5. The van der Waals surface area contributed by atoms with Gasteiger partial charge in [0.25, 0.3) is 11.1 Å². The summed E-state index contributed by atoms with van der Waals surface area (Å²) < 4.78 is 29.1. The highest BCUT2D eigenvalue weighted by Gasteiger charge is 2.25. The average molecular weight is 753 g/mol. The van der Waals surface area contributed by atoms with Crippen molar-refractivity contribution in [1.82, 2.24) is 29.4 Å². The Labute approximate surface area is 315 Å². The van der Waals surface area contributed by atoms with Gasteiger partial charge >= 0.3 is 0 Å². The number of aromatic nitrogens is 4. The van der Waals surface area contributed by atoms with Crippen molar-refractivity contribution in [1.29, 1.82) is 0 Å². The topological polar surface area (TPSA) is 110 Å². The van der Waals surface area contributed by atoms with E-state index in [1.54, 1.807) is 31.1 Å². The van der Waals surface area contributed by atoms with Gasteiger partial charge in [0.05, 0.1) is 24.2 Å². The van der Waals surface area contributed by atoms with Gasteiger partial charge in [0, 0.05) is 63.5 Å². The van der Waals surface area contributed by atoms with Gasteiger partial charge in [-0.3, -0.25) is 19.2 Å². The lowest BCUT2D eigenvalue weighted by atomic mass is 9.90. The van der Waals surface area contributed by atoms with Crippen LogP contribution in [0.4, 0.5) is 8.78 Å². The number of hydrogen-bond acceptors (Lipinski definition) is 6. The van der Waals surface area contributed by atoms with Crippen molar-refractivity contribution in [2.24, 2.45) is 25.9 Å². The summed E-state index contributed by atoms with van der Waals surface area (Å²) >= 11 is 6.05. The minimum atomic E-state index is -0.558. The van der Waals surface area contributed by atoms with Gasteiger partial charge in [-0.2, -0.15) is 10.2 Å². The highest BCUT2D eigenvalue weighted by molar-refractivity contribution is 6.30. The van der Waals surface area contributed by atoms with E-state index in [1.807, 2.05) is 23.1 Å². The van der Waals surface area contributed by atoms with E-state index >= 15 is 0 Å². The van der Waals surface area contributed by atoms with Crippen LogP contribution in [0.2, 0.25) is 5.02 Å². The van der Waals surface area contributed by atoms with Gasteiger partial charge in [0.1, 0.15) is 11.6 Å². The molecule has 4 aromatic rings. The maximum absolute atomic E-state index is 13.3. The Kier molecular flexibility index (Phi) is 16.1. The van der Waals surface area contributed by atoms with Crippen LogP contribution in [0.3, 0.4) is 0 Å². The number of rotatable bonds is 8. The van der Waals surface area contributed by atoms with Crippen LogP contribution in [0.15, 0.2) is 76.3 Å². The van der Waals surface area contributed by atoms with Crippen LogP contribution in [0.25, 0.3) is 0 Å². The summed E-state index contributed by atoms with van der Waals surface area (Å²) in [4.78, 5) is 51.3. The predicted octanol–water partition coefficient (Wildman–Crippen LogP) is 5.81. The molecule has 0 N–H and O–H groups in total. The molecule has 0 bridgehead atoms. The van der Waals surface area contributed by atoms with E-state index < -0.39 is 11.6 Å². The molecule has 10 nitrogen and oxygen atoms in total. The first-order valence-electron chi connectivity index (χ1n) is 17.2. The number of benzene rings is 2. The number of amides is 2. The smallest absolute Gasteiger partial charge is 0.266 e. The SMILES string of the molecule is C.C.Cn1nc(CC(=O)N2CCC(Cc3cc(F)cc(F)c3)CC2)ccc1=O.Cn1nc(CC(=O)N2CCC(Cc3cccc(Cl)c3)CC2)ccc1=O. The number of carbonyl (C=O) groups is 2. The van der Waals surface area contributed by atoms with Gasteiger partial charge in [0.15, 0.2) is 0 Å². The molecule has 2 aliphatic rings. The van der Waals surface area contributed by atoms with Crippen molar-refractivity contribution in [3.63, 3.8) is 0 Å². The quantitative estimate of drug-likeness (QED) is 0.225. The van der Waals surface area contributed by atoms with Gasteiger partial charge in [-0.15, -0.1) is 0 Å². The van der Waals surface area contributed by atoms with E-state index in [-0.39, 0.29) is 50.6 Å². The number of hydrogen-bond donors (Lipinski definition) is 0. The Bertz CT molecular complexity index is 1930. The fourth-order valence-corrected chi connectivity index (χ4v) is 6.87. The fraction of sp³-hybridized carbons (Fsp3) is 0.450. The molecule has 2 saturated heterocycles. The number of halogens is 3. The molecule has 4 heterocycles. The summed E-state index contributed by atoms with van der Waals surface area (Å²) in [5.74, 6) is -0.178. The first kappa shape index (κ1) is 42.7. The first-order chi connectivity index (χ1) is 24.4. The summed E-state index contributed by atoms with van der Waals surface area (Å²) in [6.07, 6.45) is 5.61. The van der Waals surface area contributed by atoms with Crippen LogP contribution in [0.1, 0.15) is 63.1 Å². The summed E-state index contributed by atoms with van der Waals surface area (Å²) in [7, 11) is 3.15. The third kappa shape index (κ3) is 12.7. The molecule has 13 heteroatoms. The Balaban J connectivity index is 0.000000275. The third-order valence-corrected chi connectivity index (χ3v) is 9.73. The third-order valence-electron chi connectivity index (χ3n) is 9.49. The van der Waals surface area contributed by atoms with Gasteiger partial charge in [-0.05, 0) is 97.9 Å². The number of piperidine rings is 2. The zero-order valence-corrected chi connectivity index (χ0v) is 29.7. The number of aryl methyl sites for hydroxylation is 2. The molecule has 0 saturated carbocycles. The van der Waals surface area contributed by atoms with Crippen molar-refractivity contribution in [2.75, 3.05) is 26.2 Å². The van der Waals surface area contributed by atoms with E-state index in [2.05, 4.69) is 16.3 Å². The summed E-state index contributed by atoms with van der Waals surface area (Å²) in [6.45, 7) is 2.78. The molecule has 53 heavy (non-hydrogen) atoms. The second-order valence-corrected chi connectivity index (χ2v) is 13.8. The van der Waals surface area contributed by atoms with E-state index in [1.165, 1.54) is 39.2 Å². The molecule has 6 rings (SSSR count). The lowest BCUT2D eigenvalue weighted by molar-refractivity contribution is -0.132. The Morgan fingerprint density at radius 1 is 0.660 bits per heavy atom. The van der Waals surface area contributed by atoms with Crippen LogP contribution in [0.5, 0.6) is 0 Å². The zero-order valence-electron chi connectivity index (χ0n) is 28.9. The second-order valence-electron chi connectivity index (χ2n) is 13.4. The monoisotopic (exact) mass is 752 g/mol. The van der Waals surface area contributed by atoms with E-state index in [9.17, 15) is 28.0 Å². The highest BCUT2D eigenvalue weighted by atomic mass is 35.5. The molecule has 2 aliphatic heterocycles. The molecule has 286 valence electrons. The normalized spacial score (nSPS) is 14.7. The maximum Gasteiger partial charge on any atom is 0.266 e. The minimum Gasteiger partial charge on any atom is -0.342 e. The predicted molar refractivity (Wildman–Crippen MR) is 204 cm³/mol.